The van der Waals surface area contributed by atoms with Gasteiger partial charge in [0.2, 0.25) is 5.91 Å². The molecule has 7 nitrogen and oxygen atoms in total. The number of rotatable bonds is 8. The zero-order valence-corrected chi connectivity index (χ0v) is 20.7. The highest BCUT2D eigenvalue weighted by Crippen LogP contribution is 2.43. The molecule has 0 radical (unpaired) electrons. The maximum Gasteiger partial charge on any atom is 0.337 e. The largest absolute Gasteiger partial charge is 0.468 e. The Morgan fingerprint density at radius 1 is 1.11 bits per heavy atom. The predicted molar refractivity (Wildman–Crippen MR) is 139 cm³/mol. The van der Waals surface area contributed by atoms with Crippen molar-refractivity contribution in [3.8, 4) is 6.07 Å². The predicted octanol–water partition coefficient (Wildman–Crippen LogP) is 5.36. The van der Waals surface area contributed by atoms with Gasteiger partial charge in [-0.05, 0) is 43.7 Å². The molecule has 0 unspecified atom stereocenters. The lowest BCUT2D eigenvalue weighted by Gasteiger charge is -2.29. The Balaban J connectivity index is 1.70. The first kappa shape index (κ1) is 24.9. The van der Waals surface area contributed by atoms with Crippen molar-refractivity contribution in [1.82, 2.24) is 5.32 Å². The average Bonchev–Trinajstić information content (AvgIpc) is 3.43. The van der Waals surface area contributed by atoms with Gasteiger partial charge in [0.15, 0.2) is 0 Å². The zero-order chi connectivity index (χ0) is 25.5. The number of allylic oxidation sites excluding steroid dienone is 1. The van der Waals surface area contributed by atoms with Gasteiger partial charge in [-0.2, -0.15) is 5.26 Å². The molecule has 2 heterocycles. The number of nitrogens with one attached hydrogen (secondary N) is 2. The van der Waals surface area contributed by atoms with Crippen molar-refractivity contribution in [1.29, 1.82) is 5.26 Å². The van der Waals surface area contributed by atoms with Crippen LogP contribution in [0.5, 0.6) is 0 Å². The third-order valence-electron chi connectivity index (χ3n) is 5.52. The van der Waals surface area contributed by atoms with E-state index >= 15 is 0 Å². The van der Waals surface area contributed by atoms with Crippen LogP contribution >= 0.6 is 11.8 Å². The first-order valence-corrected chi connectivity index (χ1v) is 12.4. The molecule has 1 aromatic heterocycles. The number of dihydropyridines is 1. The number of anilines is 1. The second-order valence-electron chi connectivity index (χ2n) is 8.01. The van der Waals surface area contributed by atoms with Crippen LogP contribution in [0.2, 0.25) is 0 Å². The number of carbonyl (C=O) groups excluding carboxylic acids is 2. The fourth-order valence-electron chi connectivity index (χ4n) is 3.87. The normalized spacial score (nSPS) is 15.2. The van der Waals surface area contributed by atoms with Crippen molar-refractivity contribution in [2.24, 2.45) is 0 Å². The molecule has 0 fully saturated rings. The highest BCUT2D eigenvalue weighted by Gasteiger charge is 2.38. The summed E-state index contributed by atoms with van der Waals surface area (Å²) in [6.45, 7) is 3.89. The molecule has 0 aliphatic carbocycles. The second-order valence-corrected chi connectivity index (χ2v) is 8.99. The zero-order valence-electron chi connectivity index (χ0n) is 19.9. The molecule has 1 aliphatic heterocycles. The van der Waals surface area contributed by atoms with Crippen molar-refractivity contribution in [3.63, 3.8) is 0 Å². The number of furan rings is 1. The molecule has 3 aromatic rings. The van der Waals surface area contributed by atoms with Gasteiger partial charge in [0.25, 0.3) is 0 Å². The molecule has 2 aromatic carbocycles. The summed E-state index contributed by atoms with van der Waals surface area (Å²) in [6.07, 6.45) is 1.50. The number of nitrogens with zero attached hydrogens (tertiary/aromatic N) is 1. The Labute approximate surface area is 213 Å². The van der Waals surface area contributed by atoms with Gasteiger partial charge in [0.1, 0.15) is 5.76 Å². The van der Waals surface area contributed by atoms with Crippen LogP contribution in [-0.2, 0) is 14.3 Å². The SMILES string of the molecule is CCOC(=O)C1=C(c2ccccc2)NC(SCC(=O)Nc2ccc(C)cc2)=C(C#N)[C@@H]1c1ccco1. The monoisotopic (exact) mass is 499 g/mol. The average molecular weight is 500 g/mol. The molecular weight excluding hydrogens is 474 g/mol. The van der Waals surface area contributed by atoms with Gasteiger partial charge >= 0.3 is 5.97 Å². The molecule has 0 spiro atoms. The quantitative estimate of drug-likeness (QED) is 0.402. The summed E-state index contributed by atoms with van der Waals surface area (Å²) in [4.78, 5) is 25.9. The van der Waals surface area contributed by atoms with Crippen LogP contribution in [0.1, 0.15) is 29.7 Å². The summed E-state index contributed by atoms with van der Waals surface area (Å²) >= 11 is 1.19. The van der Waals surface area contributed by atoms with Crippen molar-refractivity contribution in [2.45, 2.75) is 19.8 Å². The van der Waals surface area contributed by atoms with Crippen molar-refractivity contribution in [3.05, 3.63) is 106 Å². The van der Waals surface area contributed by atoms with Crippen LogP contribution in [0.15, 0.2) is 93.6 Å². The molecule has 8 heteroatoms. The first-order chi connectivity index (χ1) is 17.5. The van der Waals surface area contributed by atoms with E-state index in [1.165, 1.54) is 18.0 Å². The molecule has 1 aliphatic rings. The maximum absolute atomic E-state index is 13.2. The number of thioether (sulfide) groups is 1. The fraction of sp³-hybridized carbons (Fsp3) is 0.179. The van der Waals surface area contributed by atoms with Crippen LogP contribution in [0, 0.1) is 18.3 Å². The standard InChI is InChI=1S/C28H25N3O4S/c1-3-34-28(33)25-24(22-10-7-15-35-22)21(16-29)27(31-26(25)19-8-5-4-6-9-19)36-17-23(32)30-20-13-11-18(2)12-14-20/h4-15,24,31H,3,17H2,1-2H3,(H,30,32)/t24-/m1/s1. The van der Waals surface area contributed by atoms with Gasteiger partial charge in [-0.1, -0.05) is 59.8 Å². The maximum atomic E-state index is 13.2. The molecule has 2 N–H and O–H groups in total. The molecular formula is C28H25N3O4S. The van der Waals surface area contributed by atoms with Crippen LogP contribution in [0.3, 0.4) is 0 Å². The van der Waals surface area contributed by atoms with Gasteiger partial charge in [-0.15, -0.1) is 0 Å². The summed E-state index contributed by atoms with van der Waals surface area (Å²) in [5.74, 6) is -1.05. The van der Waals surface area contributed by atoms with Crippen LogP contribution in [0.4, 0.5) is 5.69 Å². The third-order valence-corrected chi connectivity index (χ3v) is 6.54. The highest BCUT2D eigenvalue weighted by atomic mass is 32.2. The van der Waals surface area contributed by atoms with Crippen molar-refractivity contribution < 1.29 is 18.7 Å². The van der Waals surface area contributed by atoms with Gasteiger partial charge in [-0.25, -0.2) is 4.79 Å². The van der Waals surface area contributed by atoms with Crippen molar-refractivity contribution >= 4 is 35.0 Å². The molecule has 182 valence electrons. The summed E-state index contributed by atoms with van der Waals surface area (Å²) in [5, 5.41) is 16.8. The van der Waals surface area contributed by atoms with Gasteiger partial charge in [-0.3, -0.25) is 4.79 Å². The van der Waals surface area contributed by atoms with E-state index < -0.39 is 11.9 Å². The van der Waals surface area contributed by atoms with E-state index in [1.807, 2.05) is 61.5 Å². The van der Waals surface area contributed by atoms with Gasteiger partial charge in [0.05, 0.1) is 52.5 Å². The number of benzene rings is 2. The summed E-state index contributed by atoms with van der Waals surface area (Å²) in [6, 6.07) is 22.5. The lowest BCUT2D eigenvalue weighted by Crippen LogP contribution is -2.29. The number of carbonyl (C=O) groups is 2. The van der Waals surface area contributed by atoms with Crippen molar-refractivity contribution in [2.75, 3.05) is 17.7 Å². The molecule has 36 heavy (non-hydrogen) atoms. The smallest absolute Gasteiger partial charge is 0.337 e. The Morgan fingerprint density at radius 3 is 2.50 bits per heavy atom. The molecule has 4 rings (SSSR count). The second kappa shape index (κ2) is 11.5. The molecule has 0 saturated heterocycles. The Hall–Kier alpha value is -4.22. The number of aryl methyl sites for hydroxylation is 1. The fourth-order valence-corrected chi connectivity index (χ4v) is 4.71. The Morgan fingerprint density at radius 2 is 1.86 bits per heavy atom. The van der Waals surface area contributed by atoms with E-state index in [4.69, 9.17) is 9.15 Å². The molecule has 0 saturated carbocycles. The van der Waals surface area contributed by atoms with Crippen LogP contribution < -0.4 is 10.6 Å². The number of esters is 1. The molecule has 0 bridgehead atoms. The van der Waals surface area contributed by atoms with E-state index in [9.17, 15) is 14.9 Å². The minimum atomic E-state index is -0.789. The van der Waals surface area contributed by atoms with E-state index in [0.717, 1.165) is 11.1 Å². The number of ether oxygens (including phenoxy) is 1. The molecule has 1 atom stereocenters. The lowest BCUT2D eigenvalue weighted by atomic mass is 9.84. The number of amides is 1. The Bertz CT molecular complexity index is 1340. The summed E-state index contributed by atoms with van der Waals surface area (Å²) in [5.41, 5.74) is 3.61. The molecule has 1 amide bonds. The van der Waals surface area contributed by atoms with E-state index in [2.05, 4.69) is 16.7 Å². The topological polar surface area (TPSA) is 104 Å². The van der Waals surface area contributed by atoms with Gasteiger partial charge in [0, 0.05) is 5.69 Å². The van der Waals surface area contributed by atoms with E-state index in [1.54, 1.807) is 19.1 Å². The third kappa shape index (κ3) is 5.53. The number of nitriles is 1. The number of hydrogen-bond acceptors (Lipinski definition) is 7. The number of hydrogen-bond donors (Lipinski definition) is 2. The Kier molecular flexibility index (Phi) is 7.93. The summed E-state index contributed by atoms with van der Waals surface area (Å²) in [7, 11) is 0. The highest BCUT2D eigenvalue weighted by molar-refractivity contribution is 8.03. The van der Waals surface area contributed by atoms with Crippen LogP contribution in [-0.4, -0.2) is 24.2 Å². The lowest BCUT2D eigenvalue weighted by molar-refractivity contribution is -0.138. The first-order valence-electron chi connectivity index (χ1n) is 11.4. The van der Waals surface area contributed by atoms with E-state index in [-0.39, 0.29) is 29.4 Å². The van der Waals surface area contributed by atoms with E-state index in [0.29, 0.717) is 22.2 Å². The van der Waals surface area contributed by atoms with Gasteiger partial charge < -0.3 is 19.8 Å². The summed E-state index contributed by atoms with van der Waals surface area (Å²) < 4.78 is 11.0. The minimum Gasteiger partial charge on any atom is -0.468 e. The minimum absolute atomic E-state index is 0.0586. The van der Waals surface area contributed by atoms with Crippen LogP contribution in [0.25, 0.3) is 5.70 Å².